The van der Waals surface area contributed by atoms with Gasteiger partial charge in [0.25, 0.3) is 11.5 Å². The number of amides is 1. The molecule has 0 bridgehead atoms. The van der Waals surface area contributed by atoms with E-state index in [9.17, 15) is 9.59 Å². The van der Waals surface area contributed by atoms with Crippen molar-refractivity contribution in [2.45, 2.75) is 18.9 Å². The summed E-state index contributed by atoms with van der Waals surface area (Å²) in [4.78, 5) is 22.9. The molecule has 1 aromatic heterocycles. The molecule has 1 fully saturated rings. The maximum atomic E-state index is 11.7. The summed E-state index contributed by atoms with van der Waals surface area (Å²) in [7, 11) is 0. The van der Waals surface area contributed by atoms with Gasteiger partial charge >= 0.3 is 0 Å². The van der Waals surface area contributed by atoms with Crippen molar-refractivity contribution in [3.8, 4) is 0 Å². The largest absolute Gasteiger partial charge is 0.312 e. The zero-order valence-corrected chi connectivity index (χ0v) is 7.56. The van der Waals surface area contributed by atoms with E-state index in [1.807, 2.05) is 5.43 Å². The normalized spacial score (nSPS) is 15.2. The second kappa shape index (κ2) is 3.26. The molecular formula is C9H11N3O2. The lowest BCUT2D eigenvalue weighted by atomic mass is 10.2. The summed E-state index contributed by atoms with van der Waals surface area (Å²) in [5.41, 5.74) is 1.79. The molecule has 1 amide bonds. The van der Waals surface area contributed by atoms with Gasteiger partial charge < -0.3 is 4.57 Å². The second-order valence-electron chi connectivity index (χ2n) is 3.34. The van der Waals surface area contributed by atoms with Crippen LogP contribution in [0.1, 0.15) is 29.2 Å². The zero-order chi connectivity index (χ0) is 10.1. The molecule has 0 unspecified atom stereocenters. The quantitative estimate of drug-likeness (QED) is 0.387. The molecule has 1 aromatic rings. The summed E-state index contributed by atoms with van der Waals surface area (Å²) in [5, 5.41) is 0. The van der Waals surface area contributed by atoms with E-state index in [0.717, 1.165) is 12.8 Å². The van der Waals surface area contributed by atoms with Crippen LogP contribution in [0.3, 0.4) is 0 Å². The highest BCUT2D eigenvalue weighted by molar-refractivity contribution is 5.93. The van der Waals surface area contributed by atoms with Crippen LogP contribution in [0.4, 0.5) is 0 Å². The van der Waals surface area contributed by atoms with E-state index in [4.69, 9.17) is 5.84 Å². The van der Waals surface area contributed by atoms with Gasteiger partial charge in [-0.25, -0.2) is 5.84 Å². The minimum Gasteiger partial charge on any atom is -0.312 e. The maximum absolute atomic E-state index is 11.7. The molecule has 1 saturated carbocycles. The third-order valence-corrected chi connectivity index (χ3v) is 2.29. The zero-order valence-electron chi connectivity index (χ0n) is 7.56. The molecule has 1 aliphatic rings. The fourth-order valence-electron chi connectivity index (χ4n) is 1.40. The molecule has 0 atom stereocenters. The predicted molar refractivity (Wildman–Crippen MR) is 50.6 cm³/mol. The molecule has 0 aliphatic heterocycles. The standard InChI is InChI=1S/C9H11N3O2/c10-11-8(13)7-2-1-5-12(9(7)14)6-3-4-6/h1-2,5-6H,3-4,10H2,(H,11,13). The molecule has 0 spiro atoms. The maximum Gasteiger partial charge on any atom is 0.270 e. The van der Waals surface area contributed by atoms with Crippen LogP contribution in [-0.2, 0) is 0 Å². The third kappa shape index (κ3) is 1.42. The van der Waals surface area contributed by atoms with Crippen molar-refractivity contribution in [3.63, 3.8) is 0 Å². The molecule has 5 nitrogen and oxygen atoms in total. The van der Waals surface area contributed by atoms with Gasteiger partial charge in [-0.1, -0.05) is 0 Å². The number of carbonyl (C=O) groups is 1. The molecule has 1 aliphatic carbocycles. The van der Waals surface area contributed by atoms with Gasteiger partial charge in [0.1, 0.15) is 5.56 Å². The lowest BCUT2D eigenvalue weighted by Gasteiger charge is -2.04. The summed E-state index contributed by atoms with van der Waals surface area (Å²) in [5.74, 6) is 4.43. The molecule has 14 heavy (non-hydrogen) atoms. The lowest BCUT2D eigenvalue weighted by Crippen LogP contribution is -2.36. The average molecular weight is 193 g/mol. The monoisotopic (exact) mass is 193 g/mol. The van der Waals surface area contributed by atoms with E-state index in [1.165, 1.54) is 6.07 Å². The van der Waals surface area contributed by atoms with E-state index in [0.29, 0.717) is 0 Å². The second-order valence-corrected chi connectivity index (χ2v) is 3.34. The third-order valence-electron chi connectivity index (χ3n) is 2.29. The Bertz CT molecular complexity index is 420. The number of nitrogens with zero attached hydrogens (tertiary/aromatic N) is 1. The SMILES string of the molecule is NNC(=O)c1cccn(C2CC2)c1=O. The molecule has 0 aromatic carbocycles. The van der Waals surface area contributed by atoms with Crippen molar-refractivity contribution in [2.75, 3.05) is 0 Å². The summed E-state index contributed by atoms with van der Waals surface area (Å²) in [6.45, 7) is 0. The average Bonchev–Trinajstić information content (AvgIpc) is 3.01. The van der Waals surface area contributed by atoms with Crippen molar-refractivity contribution < 1.29 is 4.79 Å². The molecule has 5 heteroatoms. The topological polar surface area (TPSA) is 77.1 Å². The highest BCUT2D eigenvalue weighted by Crippen LogP contribution is 2.33. The Morgan fingerprint density at radius 3 is 2.86 bits per heavy atom. The molecule has 0 saturated heterocycles. The minimum atomic E-state index is -0.537. The van der Waals surface area contributed by atoms with E-state index in [-0.39, 0.29) is 17.2 Å². The van der Waals surface area contributed by atoms with Crippen LogP contribution < -0.4 is 16.8 Å². The van der Waals surface area contributed by atoms with E-state index >= 15 is 0 Å². The van der Waals surface area contributed by atoms with Crippen molar-refractivity contribution in [2.24, 2.45) is 5.84 Å². The predicted octanol–water partition coefficient (Wildman–Crippen LogP) is -0.213. The highest BCUT2D eigenvalue weighted by Gasteiger charge is 2.25. The first-order chi connectivity index (χ1) is 6.74. The van der Waals surface area contributed by atoms with Gasteiger partial charge in [0.2, 0.25) is 0 Å². The first kappa shape index (κ1) is 8.96. The number of rotatable bonds is 2. The molecule has 1 heterocycles. The number of nitrogen functional groups attached to an aromatic ring is 1. The molecule has 0 radical (unpaired) electrons. The smallest absolute Gasteiger partial charge is 0.270 e. The summed E-state index contributed by atoms with van der Waals surface area (Å²) in [6, 6.07) is 3.43. The number of pyridine rings is 1. The molecule has 3 N–H and O–H groups in total. The van der Waals surface area contributed by atoms with Crippen LogP contribution in [0.2, 0.25) is 0 Å². The first-order valence-electron chi connectivity index (χ1n) is 4.46. The van der Waals surface area contributed by atoms with Gasteiger partial charge in [0.15, 0.2) is 0 Å². The number of aromatic nitrogens is 1. The van der Waals surface area contributed by atoms with Crippen LogP contribution in [0.15, 0.2) is 23.1 Å². The minimum absolute atomic E-state index is 0.0990. The fraction of sp³-hybridized carbons (Fsp3) is 0.333. The van der Waals surface area contributed by atoms with Gasteiger partial charge in [-0.15, -0.1) is 0 Å². The van der Waals surface area contributed by atoms with Crippen molar-refractivity contribution in [3.05, 3.63) is 34.2 Å². The number of carbonyl (C=O) groups excluding carboxylic acids is 1. The molecule has 74 valence electrons. The van der Waals surface area contributed by atoms with Gasteiger partial charge in [0, 0.05) is 12.2 Å². The van der Waals surface area contributed by atoms with Gasteiger partial charge in [-0.3, -0.25) is 15.0 Å². The Labute approximate surface area is 80.5 Å². The first-order valence-corrected chi connectivity index (χ1v) is 4.46. The van der Waals surface area contributed by atoms with E-state index < -0.39 is 5.91 Å². The lowest BCUT2D eigenvalue weighted by molar-refractivity contribution is 0.0951. The van der Waals surface area contributed by atoms with Crippen LogP contribution in [-0.4, -0.2) is 10.5 Å². The Morgan fingerprint density at radius 1 is 1.57 bits per heavy atom. The Morgan fingerprint density at radius 2 is 2.29 bits per heavy atom. The van der Waals surface area contributed by atoms with Crippen LogP contribution in [0.25, 0.3) is 0 Å². The summed E-state index contributed by atoms with van der Waals surface area (Å²) >= 11 is 0. The van der Waals surface area contributed by atoms with Crippen LogP contribution in [0.5, 0.6) is 0 Å². The van der Waals surface area contributed by atoms with Gasteiger partial charge in [-0.05, 0) is 25.0 Å². The van der Waals surface area contributed by atoms with Gasteiger partial charge in [-0.2, -0.15) is 0 Å². The van der Waals surface area contributed by atoms with Crippen LogP contribution in [0, 0.1) is 0 Å². The van der Waals surface area contributed by atoms with E-state index in [1.54, 1.807) is 16.8 Å². The fourth-order valence-corrected chi connectivity index (χ4v) is 1.40. The Balaban J connectivity index is 2.46. The van der Waals surface area contributed by atoms with Crippen molar-refractivity contribution >= 4 is 5.91 Å². The van der Waals surface area contributed by atoms with Gasteiger partial charge in [0.05, 0.1) is 0 Å². The van der Waals surface area contributed by atoms with Crippen LogP contribution >= 0.6 is 0 Å². The van der Waals surface area contributed by atoms with E-state index in [2.05, 4.69) is 0 Å². The van der Waals surface area contributed by atoms with Crippen molar-refractivity contribution in [1.29, 1.82) is 0 Å². The summed E-state index contributed by atoms with van der Waals surface area (Å²) in [6.07, 6.45) is 3.72. The Kier molecular flexibility index (Phi) is 2.09. The number of hydrazine groups is 1. The highest BCUT2D eigenvalue weighted by atomic mass is 16.2. The Hall–Kier alpha value is -1.62. The van der Waals surface area contributed by atoms with Crippen molar-refractivity contribution in [1.82, 2.24) is 9.99 Å². The summed E-state index contributed by atoms with van der Waals surface area (Å²) < 4.78 is 1.59. The number of hydrogen-bond donors (Lipinski definition) is 2. The molecular weight excluding hydrogens is 182 g/mol. The number of nitrogens with one attached hydrogen (secondary N) is 1. The molecule has 2 rings (SSSR count). The number of nitrogens with two attached hydrogens (primary N) is 1. The number of hydrogen-bond acceptors (Lipinski definition) is 3.